The summed E-state index contributed by atoms with van der Waals surface area (Å²) in [6, 6.07) is 2.05. The van der Waals surface area contributed by atoms with Crippen LogP contribution in [0.5, 0.6) is 0 Å². The van der Waals surface area contributed by atoms with Crippen molar-refractivity contribution in [1.82, 2.24) is 14.6 Å². The number of hydrogen-bond donors (Lipinski definition) is 1. The van der Waals surface area contributed by atoms with Gasteiger partial charge in [-0.25, -0.2) is 9.50 Å². The van der Waals surface area contributed by atoms with Gasteiger partial charge in [0.05, 0.1) is 12.3 Å². The molecule has 3 rings (SSSR count). The molecule has 0 spiro atoms. The van der Waals surface area contributed by atoms with Gasteiger partial charge in [0, 0.05) is 25.5 Å². The molecular formula is C13H18N4O. The van der Waals surface area contributed by atoms with E-state index >= 15 is 0 Å². The van der Waals surface area contributed by atoms with E-state index in [0.29, 0.717) is 5.92 Å². The lowest BCUT2D eigenvalue weighted by atomic mass is 10.0. The van der Waals surface area contributed by atoms with E-state index in [4.69, 9.17) is 4.74 Å². The van der Waals surface area contributed by atoms with Crippen molar-refractivity contribution < 1.29 is 4.74 Å². The zero-order valence-corrected chi connectivity index (χ0v) is 10.6. The Hall–Kier alpha value is -1.62. The number of nitrogens with one attached hydrogen (secondary N) is 1. The lowest BCUT2D eigenvalue weighted by molar-refractivity contribution is 0.0595. The molecule has 1 aliphatic rings. The molecule has 96 valence electrons. The third-order valence-electron chi connectivity index (χ3n) is 3.32. The van der Waals surface area contributed by atoms with Gasteiger partial charge in [0.2, 0.25) is 0 Å². The number of hydrogen-bond acceptors (Lipinski definition) is 4. The summed E-state index contributed by atoms with van der Waals surface area (Å²) in [5, 5.41) is 7.80. The number of aryl methyl sites for hydroxylation is 1. The summed E-state index contributed by atoms with van der Waals surface area (Å²) in [6.45, 7) is 4.67. The lowest BCUT2D eigenvalue weighted by Crippen LogP contribution is -2.24. The molecule has 1 aliphatic heterocycles. The Bertz CT molecular complexity index is 531. The third-order valence-corrected chi connectivity index (χ3v) is 3.32. The average Bonchev–Trinajstić information content (AvgIpc) is 2.78. The van der Waals surface area contributed by atoms with Crippen molar-refractivity contribution in [3.8, 4) is 0 Å². The van der Waals surface area contributed by atoms with E-state index in [9.17, 15) is 0 Å². The maximum absolute atomic E-state index is 5.48. The van der Waals surface area contributed by atoms with Gasteiger partial charge in [0.25, 0.3) is 0 Å². The summed E-state index contributed by atoms with van der Waals surface area (Å²) in [7, 11) is 0. The number of rotatable bonds is 3. The molecule has 1 N–H and O–H groups in total. The quantitative estimate of drug-likeness (QED) is 0.898. The van der Waals surface area contributed by atoms with Crippen molar-refractivity contribution in [2.75, 3.05) is 25.1 Å². The van der Waals surface area contributed by atoms with Gasteiger partial charge >= 0.3 is 0 Å². The second-order valence-corrected chi connectivity index (χ2v) is 4.86. The fraction of sp³-hybridized carbons (Fsp3) is 0.538. The highest BCUT2D eigenvalue weighted by atomic mass is 16.5. The van der Waals surface area contributed by atoms with E-state index in [-0.39, 0.29) is 0 Å². The molecule has 3 heterocycles. The summed E-state index contributed by atoms with van der Waals surface area (Å²) >= 11 is 0. The first-order chi connectivity index (χ1) is 8.83. The van der Waals surface area contributed by atoms with E-state index in [1.807, 2.05) is 23.7 Å². The van der Waals surface area contributed by atoms with Crippen LogP contribution in [-0.4, -0.2) is 34.4 Å². The second-order valence-electron chi connectivity index (χ2n) is 4.86. The molecule has 5 nitrogen and oxygen atoms in total. The standard InChI is InChI=1S/C13H18N4O/c1-10-7-12-13(14-4-5-17(12)16-10)15-8-11-3-2-6-18-9-11/h4-5,7,11H,2-3,6,8-9H2,1H3,(H,14,15). The molecule has 0 aromatic carbocycles. The molecule has 5 heteroatoms. The maximum Gasteiger partial charge on any atom is 0.152 e. The molecular weight excluding hydrogens is 228 g/mol. The van der Waals surface area contributed by atoms with Crippen LogP contribution in [0.1, 0.15) is 18.5 Å². The van der Waals surface area contributed by atoms with Crippen LogP contribution in [0.2, 0.25) is 0 Å². The van der Waals surface area contributed by atoms with E-state index in [0.717, 1.165) is 43.2 Å². The molecule has 0 bridgehead atoms. The van der Waals surface area contributed by atoms with E-state index in [1.54, 1.807) is 6.20 Å². The molecule has 0 amide bonds. The van der Waals surface area contributed by atoms with Crippen molar-refractivity contribution in [2.45, 2.75) is 19.8 Å². The van der Waals surface area contributed by atoms with Gasteiger partial charge in [0.1, 0.15) is 5.52 Å². The van der Waals surface area contributed by atoms with Gasteiger partial charge in [-0.05, 0) is 31.7 Å². The van der Waals surface area contributed by atoms with Crippen LogP contribution in [0, 0.1) is 12.8 Å². The van der Waals surface area contributed by atoms with Gasteiger partial charge in [-0.1, -0.05) is 0 Å². The first kappa shape index (κ1) is 11.5. The molecule has 1 fully saturated rings. The Labute approximate surface area is 106 Å². The van der Waals surface area contributed by atoms with Crippen molar-refractivity contribution in [3.05, 3.63) is 24.2 Å². The molecule has 1 atom stereocenters. The fourth-order valence-electron chi connectivity index (χ4n) is 2.39. The van der Waals surface area contributed by atoms with E-state index < -0.39 is 0 Å². The third kappa shape index (κ3) is 2.31. The minimum atomic E-state index is 0.588. The number of aromatic nitrogens is 3. The second kappa shape index (κ2) is 4.94. The minimum Gasteiger partial charge on any atom is -0.381 e. The number of anilines is 1. The number of ether oxygens (including phenoxy) is 1. The van der Waals surface area contributed by atoms with Gasteiger partial charge in [-0.3, -0.25) is 0 Å². The number of nitrogens with zero attached hydrogens (tertiary/aromatic N) is 3. The first-order valence-electron chi connectivity index (χ1n) is 6.45. The Morgan fingerprint density at radius 1 is 1.56 bits per heavy atom. The molecule has 1 saturated heterocycles. The van der Waals surface area contributed by atoms with Crippen molar-refractivity contribution >= 4 is 11.3 Å². The van der Waals surface area contributed by atoms with Crippen LogP contribution in [0.25, 0.3) is 5.52 Å². The van der Waals surface area contributed by atoms with Crippen LogP contribution < -0.4 is 5.32 Å². The SMILES string of the molecule is Cc1cc2c(NCC3CCCOC3)nccn2n1. The van der Waals surface area contributed by atoms with Crippen LogP contribution >= 0.6 is 0 Å². The van der Waals surface area contributed by atoms with Gasteiger partial charge in [-0.2, -0.15) is 5.10 Å². The van der Waals surface area contributed by atoms with Crippen LogP contribution in [0.3, 0.4) is 0 Å². The molecule has 0 aliphatic carbocycles. The Morgan fingerprint density at radius 2 is 2.50 bits per heavy atom. The summed E-state index contributed by atoms with van der Waals surface area (Å²) in [6.07, 6.45) is 6.04. The zero-order valence-electron chi connectivity index (χ0n) is 10.6. The van der Waals surface area contributed by atoms with Gasteiger partial charge in [0.15, 0.2) is 5.82 Å². The maximum atomic E-state index is 5.48. The minimum absolute atomic E-state index is 0.588. The first-order valence-corrected chi connectivity index (χ1v) is 6.45. The summed E-state index contributed by atoms with van der Waals surface area (Å²) in [5.41, 5.74) is 2.04. The molecule has 0 radical (unpaired) electrons. The molecule has 1 unspecified atom stereocenters. The van der Waals surface area contributed by atoms with Gasteiger partial charge < -0.3 is 10.1 Å². The number of fused-ring (bicyclic) bond motifs is 1. The highest BCUT2D eigenvalue weighted by Gasteiger charge is 2.14. The van der Waals surface area contributed by atoms with Crippen LogP contribution in [-0.2, 0) is 4.74 Å². The summed E-state index contributed by atoms with van der Waals surface area (Å²) in [4.78, 5) is 4.39. The molecule has 18 heavy (non-hydrogen) atoms. The zero-order chi connectivity index (χ0) is 12.4. The predicted octanol–water partition coefficient (Wildman–Crippen LogP) is 1.88. The normalized spacial score (nSPS) is 20.2. The molecule has 2 aromatic rings. The van der Waals surface area contributed by atoms with Gasteiger partial charge in [-0.15, -0.1) is 0 Å². The largest absolute Gasteiger partial charge is 0.381 e. The summed E-state index contributed by atoms with van der Waals surface area (Å²) < 4.78 is 7.35. The van der Waals surface area contributed by atoms with Crippen molar-refractivity contribution in [1.29, 1.82) is 0 Å². The van der Waals surface area contributed by atoms with E-state index in [2.05, 4.69) is 15.4 Å². The average molecular weight is 246 g/mol. The topological polar surface area (TPSA) is 51.5 Å². The molecule has 2 aromatic heterocycles. The monoisotopic (exact) mass is 246 g/mol. The van der Waals surface area contributed by atoms with Crippen LogP contribution in [0.15, 0.2) is 18.5 Å². The summed E-state index contributed by atoms with van der Waals surface area (Å²) in [5.74, 6) is 1.49. The lowest BCUT2D eigenvalue weighted by Gasteiger charge is -2.22. The Balaban J connectivity index is 1.73. The highest BCUT2D eigenvalue weighted by Crippen LogP contribution is 2.17. The highest BCUT2D eigenvalue weighted by molar-refractivity contribution is 5.67. The van der Waals surface area contributed by atoms with Crippen LogP contribution in [0.4, 0.5) is 5.82 Å². The van der Waals surface area contributed by atoms with Crippen molar-refractivity contribution in [3.63, 3.8) is 0 Å². The molecule has 0 saturated carbocycles. The Kier molecular flexibility index (Phi) is 3.15. The smallest absolute Gasteiger partial charge is 0.152 e. The fourth-order valence-corrected chi connectivity index (χ4v) is 2.39. The van der Waals surface area contributed by atoms with Crippen molar-refractivity contribution in [2.24, 2.45) is 5.92 Å². The Morgan fingerprint density at radius 3 is 3.33 bits per heavy atom. The predicted molar refractivity (Wildman–Crippen MR) is 69.8 cm³/mol. The van der Waals surface area contributed by atoms with E-state index in [1.165, 1.54) is 6.42 Å².